The van der Waals surface area contributed by atoms with Gasteiger partial charge in [-0.05, 0) is 36.4 Å². The lowest BCUT2D eigenvalue weighted by atomic mass is 9.81. The highest BCUT2D eigenvalue weighted by Gasteiger charge is 2.48. The molecular weight excluding hydrogens is 498 g/mol. The molecular formula is C21H18Cl2F3N5O3. The van der Waals surface area contributed by atoms with E-state index < -0.39 is 53.8 Å². The number of nitrogens with one attached hydrogen (secondary N) is 5. The van der Waals surface area contributed by atoms with Gasteiger partial charge in [-0.25, -0.2) is 0 Å². The van der Waals surface area contributed by atoms with Crippen molar-refractivity contribution in [3.63, 3.8) is 0 Å². The first-order valence-electron chi connectivity index (χ1n) is 10.1. The Hall–Kier alpha value is -3.02. The van der Waals surface area contributed by atoms with Crippen molar-refractivity contribution in [2.75, 3.05) is 10.6 Å². The molecule has 4 rings (SSSR count). The number of halogens is 5. The number of piperidine rings is 1. The van der Waals surface area contributed by atoms with Crippen LogP contribution in [0.4, 0.5) is 24.5 Å². The Kier molecular flexibility index (Phi) is 6.61. The molecule has 0 spiro atoms. The Balaban J connectivity index is 1.49. The molecule has 2 saturated heterocycles. The highest BCUT2D eigenvalue weighted by molar-refractivity contribution is 6.36. The number of fused-ring (bicyclic) bond motifs is 1. The summed E-state index contributed by atoms with van der Waals surface area (Å²) in [5.41, 5.74) is -0.493. The van der Waals surface area contributed by atoms with E-state index >= 15 is 0 Å². The van der Waals surface area contributed by atoms with Gasteiger partial charge in [0.1, 0.15) is 0 Å². The summed E-state index contributed by atoms with van der Waals surface area (Å²) >= 11 is 12.0. The molecule has 2 aromatic rings. The van der Waals surface area contributed by atoms with Gasteiger partial charge < -0.3 is 21.3 Å². The third-order valence-electron chi connectivity index (χ3n) is 5.48. The van der Waals surface area contributed by atoms with E-state index in [9.17, 15) is 27.6 Å². The monoisotopic (exact) mass is 515 g/mol. The first kappa shape index (κ1) is 24.1. The van der Waals surface area contributed by atoms with Gasteiger partial charge in [-0.15, -0.1) is 0 Å². The van der Waals surface area contributed by atoms with Gasteiger partial charge in [-0.2, -0.15) is 13.2 Å². The number of carbonyl (C=O) groups excluding carboxylic acids is 3. The average molecular weight is 516 g/mol. The zero-order valence-electron chi connectivity index (χ0n) is 17.2. The second-order valence-electron chi connectivity index (χ2n) is 7.83. The van der Waals surface area contributed by atoms with Crippen LogP contribution in [-0.2, 0) is 20.6 Å². The Morgan fingerprint density at radius 3 is 2.53 bits per heavy atom. The summed E-state index contributed by atoms with van der Waals surface area (Å²) in [6.45, 7) is 0. The maximum absolute atomic E-state index is 13.0. The molecule has 0 saturated carbocycles. The predicted octanol–water partition coefficient (Wildman–Crippen LogP) is 3.14. The predicted molar refractivity (Wildman–Crippen MR) is 119 cm³/mol. The zero-order valence-corrected chi connectivity index (χ0v) is 18.7. The fourth-order valence-electron chi connectivity index (χ4n) is 3.92. The lowest BCUT2D eigenvalue weighted by Crippen LogP contribution is -2.72. The number of amides is 3. The Morgan fingerprint density at radius 1 is 1.06 bits per heavy atom. The van der Waals surface area contributed by atoms with Gasteiger partial charge in [0, 0.05) is 17.1 Å². The van der Waals surface area contributed by atoms with Crippen molar-refractivity contribution >= 4 is 52.3 Å². The quantitative estimate of drug-likeness (QED) is 0.429. The molecule has 8 nitrogen and oxygen atoms in total. The molecule has 2 aromatic carbocycles. The molecule has 0 bridgehead atoms. The fourth-order valence-corrected chi connectivity index (χ4v) is 4.38. The van der Waals surface area contributed by atoms with Gasteiger partial charge >= 0.3 is 6.18 Å². The van der Waals surface area contributed by atoms with Crippen LogP contribution in [0.5, 0.6) is 0 Å². The Morgan fingerprint density at radius 2 is 1.82 bits per heavy atom. The average Bonchev–Trinajstić information content (AvgIpc) is 2.74. The van der Waals surface area contributed by atoms with Crippen molar-refractivity contribution in [3.05, 3.63) is 58.1 Å². The zero-order chi connectivity index (χ0) is 24.6. The maximum atomic E-state index is 13.0. The summed E-state index contributed by atoms with van der Waals surface area (Å²) in [5, 5.41) is 14.0. The molecule has 3 amide bonds. The van der Waals surface area contributed by atoms with Gasteiger partial charge in [0.25, 0.3) is 0 Å². The third kappa shape index (κ3) is 5.21. The molecule has 13 heteroatoms. The van der Waals surface area contributed by atoms with E-state index in [-0.39, 0.29) is 22.8 Å². The fraction of sp³-hybridized carbons (Fsp3) is 0.286. The molecule has 0 radical (unpaired) electrons. The lowest BCUT2D eigenvalue weighted by Gasteiger charge is -2.43. The standard InChI is InChI=1S/C21H18Cl2F3N5O3/c22-10-4-5-14(13(23)7-10)28-18(33)12-8-15(32)29-17-16(12)19(34)31-20(30-17)27-11-3-1-2-9(6-11)21(24,25)26/h1-7,12,16-17,20,27,30H,8H2,(H,28,33)(H,29,32)(H,31,34). The molecule has 5 N–H and O–H groups in total. The van der Waals surface area contributed by atoms with Crippen molar-refractivity contribution in [1.29, 1.82) is 0 Å². The van der Waals surface area contributed by atoms with E-state index in [4.69, 9.17) is 23.2 Å². The summed E-state index contributed by atoms with van der Waals surface area (Å²) in [5.74, 6) is -3.61. The normalized spacial score (nSPS) is 24.5. The molecule has 4 unspecified atom stereocenters. The molecule has 0 aromatic heterocycles. The number of anilines is 2. The van der Waals surface area contributed by atoms with Crippen LogP contribution in [0.2, 0.25) is 10.0 Å². The van der Waals surface area contributed by atoms with Gasteiger partial charge in [-0.1, -0.05) is 29.3 Å². The van der Waals surface area contributed by atoms with E-state index in [1.165, 1.54) is 30.3 Å². The number of carbonyl (C=O) groups is 3. The van der Waals surface area contributed by atoms with Crippen molar-refractivity contribution in [3.8, 4) is 0 Å². The van der Waals surface area contributed by atoms with Crippen LogP contribution in [0.15, 0.2) is 42.5 Å². The van der Waals surface area contributed by atoms with Gasteiger partial charge in [0.2, 0.25) is 17.7 Å². The van der Waals surface area contributed by atoms with E-state index in [0.29, 0.717) is 5.02 Å². The SMILES string of the molecule is O=C1CC(C(=O)Nc2ccc(Cl)cc2Cl)C2C(=O)NC(Nc3cccc(C(F)(F)F)c3)NC2N1. The van der Waals surface area contributed by atoms with Crippen LogP contribution < -0.4 is 26.6 Å². The topological polar surface area (TPSA) is 111 Å². The van der Waals surface area contributed by atoms with Crippen LogP contribution in [0, 0.1) is 11.8 Å². The van der Waals surface area contributed by atoms with Gasteiger partial charge in [-0.3, -0.25) is 19.7 Å². The van der Waals surface area contributed by atoms with Crippen molar-refractivity contribution in [1.82, 2.24) is 16.0 Å². The Bertz CT molecular complexity index is 1150. The van der Waals surface area contributed by atoms with E-state index in [0.717, 1.165) is 12.1 Å². The minimum Gasteiger partial charge on any atom is -0.353 e. The molecule has 2 aliphatic rings. The van der Waals surface area contributed by atoms with E-state index in [1.54, 1.807) is 0 Å². The lowest BCUT2D eigenvalue weighted by molar-refractivity contribution is -0.144. The molecule has 2 heterocycles. The smallest absolute Gasteiger partial charge is 0.353 e. The van der Waals surface area contributed by atoms with E-state index in [2.05, 4.69) is 26.6 Å². The molecule has 2 aliphatic heterocycles. The summed E-state index contributed by atoms with van der Waals surface area (Å²) < 4.78 is 38.9. The molecule has 2 fully saturated rings. The number of alkyl halides is 3. The third-order valence-corrected chi connectivity index (χ3v) is 6.02. The first-order valence-corrected chi connectivity index (χ1v) is 10.8. The molecule has 0 aliphatic carbocycles. The van der Waals surface area contributed by atoms with E-state index in [1.807, 2.05) is 0 Å². The molecule has 180 valence electrons. The number of rotatable bonds is 4. The molecule has 34 heavy (non-hydrogen) atoms. The summed E-state index contributed by atoms with van der Waals surface area (Å²) in [4.78, 5) is 38.1. The maximum Gasteiger partial charge on any atom is 0.416 e. The highest BCUT2D eigenvalue weighted by Crippen LogP contribution is 2.32. The highest BCUT2D eigenvalue weighted by atomic mass is 35.5. The van der Waals surface area contributed by atoms with Gasteiger partial charge in [0.05, 0.1) is 34.3 Å². The van der Waals surface area contributed by atoms with Crippen LogP contribution in [0.1, 0.15) is 12.0 Å². The van der Waals surface area contributed by atoms with Gasteiger partial charge in [0.15, 0.2) is 6.29 Å². The number of hydrogen-bond donors (Lipinski definition) is 5. The van der Waals surface area contributed by atoms with Crippen molar-refractivity contribution < 1.29 is 27.6 Å². The Labute approximate surface area is 201 Å². The van der Waals surface area contributed by atoms with Crippen LogP contribution in [0.3, 0.4) is 0 Å². The second kappa shape index (κ2) is 9.32. The number of benzene rings is 2. The minimum absolute atomic E-state index is 0.0971. The van der Waals surface area contributed by atoms with Crippen LogP contribution in [-0.4, -0.2) is 30.2 Å². The van der Waals surface area contributed by atoms with Crippen molar-refractivity contribution in [2.45, 2.75) is 25.1 Å². The van der Waals surface area contributed by atoms with Crippen molar-refractivity contribution in [2.24, 2.45) is 11.8 Å². The minimum atomic E-state index is -4.53. The molecule has 4 atom stereocenters. The summed E-state index contributed by atoms with van der Waals surface area (Å²) in [6.07, 6.45) is -6.70. The second-order valence-corrected chi connectivity index (χ2v) is 8.67. The largest absolute Gasteiger partial charge is 0.416 e. The van der Waals surface area contributed by atoms with Crippen LogP contribution in [0.25, 0.3) is 0 Å². The number of hydrogen-bond acceptors (Lipinski definition) is 5. The summed E-state index contributed by atoms with van der Waals surface area (Å²) in [6, 6.07) is 8.91. The van der Waals surface area contributed by atoms with Crippen LogP contribution >= 0.6 is 23.2 Å². The summed E-state index contributed by atoms with van der Waals surface area (Å²) in [7, 11) is 0. The first-order chi connectivity index (χ1) is 16.0.